The van der Waals surface area contributed by atoms with E-state index < -0.39 is 29.7 Å². The van der Waals surface area contributed by atoms with Crippen molar-refractivity contribution in [2.45, 2.75) is 125 Å². The van der Waals surface area contributed by atoms with Crippen molar-refractivity contribution >= 4 is 77.9 Å². The molecule has 0 bridgehead atoms. The molecule has 29 nitrogen and oxygen atoms in total. The number of hydrogen-bond donors (Lipinski definition) is 0. The van der Waals surface area contributed by atoms with Crippen LogP contribution in [0.15, 0.2) is 229 Å². The lowest BCUT2D eigenvalue weighted by Gasteiger charge is -2.23. The van der Waals surface area contributed by atoms with E-state index in [1.165, 1.54) is 120 Å². The number of rotatable bonds is 54. The molecule has 0 aromatic heterocycles. The van der Waals surface area contributed by atoms with Crippen molar-refractivity contribution in [3.05, 3.63) is 296 Å². The topological polar surface area (TPSA) is 299 Å². The number of hydrogen-bond acceptors (Lipinski definition) is 29. The minimum atomic E-state index is -4.41. The smallest absolute Gasteiger partial charge is 0.416 e. The fraction of sp³-hybridized carbons (Fsp3) is 0.350. The molecule has 814 valence electrons. The molecule has 149 heavy (non-hydrogen) atoms. The molecule has 0 aliphatic rings. The molecule has 0 amide bonds. The number of carbonyl (C=O) groups excluding carboxylic acids is 4. The fourth-order valence-electron chi connectivity index (χ4n) is 11.5. The summed E-state index contributed by atoms with van der Waals surface area (Å²) in [6.45, 7) is 52.4. The van der Waals surface area contributed by atoms with Crippen LogP contribution in [0, 0.1) is 0 Å². The van der Waals surface area contributed by atoms with Crippen molar-refractivity contribution in [2.24, 2.45) is 0 Å². The normalized spacial score (nSPS) is 10.2. The third kappa shape index (κ3) is 55.8. The summed E-state index contributed by atoms with van der Waals surface area (Å²) in [5.41, 5.74) is 7.61. The van der Waals surface area contributed by atoms with Gasteiger partial charge in [0.05, 0.1) is 44.7 Å². The molecular weight excluding hydrogens is 1930 g/mol. The van der Waals surface area contributed by atoms with Gasteiger partial charge in [-0.2, -0.15) is 13.2 Å². The van der Waals surface area contributed by atoms with E-state index in [-0.39, 0.29) is 84.2 Å². The molecular formula is C117H151F3O29. The van der Waals surface area contributed by atoms with Crippen molar-refractivity contribution in [2.75, 3.05) is 153 Å². The summed E-state index contributed by atoms with van der Waals surface area (Å²) in [5.74, 6) is 7.02. The van der Waals surface area contributed by atoms with Crippen molar-refractivity contribution in [1.82, 2.24) is 0 Å². The van der Waals surface area contributed by atoms with Crippen LogP contribution >= 0.6 is 0 Å². The lowest BCUT2D eigenvalue weighted by molar-refractivity contribution is -0.132. The minimum Gasteiger partial charge on any atom is -0.490 e. The molecule has 0 spiro atoms. The van der Waals surface area contributed by atoms with Gasteiger partial charge in [0, 0.05) is 70.9 Å². The summed E-state index contributed by atoms with van der Waals surface area (Å²) >= 11 is 0. The number of unbranched alkanes of at least 4 members (excludes halogenated alkanes) is 5. The quantitative estimate of drug-likeness (QED) is 0.0112. The number of ketones is 1. The third-order valence-electron chi connectivity index (χ3n) is 18.8. The predicted octanol–water partition coefficient (Wildman–Crippen LogP) is 26.9. The Labute approximate surface area is 878 Å². The molecule has 0 saturated carbocycles. The predicted molar refractivity (Wildman–Crippen MR) is 581 cm³/mol. The van der Waals surface area contributed by atoms with Gasteiger partial charge in [-0.25, -0.2) is 9.59 Å². The van der Waals surface area contributed by atoms with E-state index in [4.69, 9.17) is 104 Å². The summed E-state index contributed by atoms with van der Waals surface area (Å²) in [6, 6.07) is 49.1. The number of Topliss-reactive ketones (excluding diaryl/α,β-unsaturated/α-hetero) is 1. The summed E-state index contributed by atoms with van der Waals surface area (Å²) in [4.78, 5) is 45.2. The zero-order chi connectivity index (χ0) is 111. The highest BCUT2D eigenvalue weighted by atomic mass is 19.4. The molecule has 9 aromatic carbocycles. The van der Waals surface area contributed by atoms with Gasteiger partial charge in [-0.1, -0.05) is 214 Å². The van der Waals surface area contributed by atoms with Crippen molar-refractivity contribution in [3.63, 3.8) is 0 Å². The maximum atomic E-state index is 12.3. The molecule has 0 aliphatic heterocycles. The summed E-state index contributed by atoms with van der Waals surface area (Å²) < 4.78 is 165. The van der Waals surface area contributed by atoms with E-state index in [1.54, 1.807) is 138 Å². The van der Waals surface area contributed by atoms with E-state index in [0.29, 0.717) is 98.9 Å². The molecule has 32 heteroatoms. The van der Waals surface area contributed by atoms with E-state index in [9.17, 15) is 32.3 Å². The summed E-state index contributed by atoms with van der Waals surface area (Å²) in [6.07, 6.45) is 17.6. The average Bonchev–Trinajstić information content (AvgIpc) is 0.846. The van der Waals surface area contributed by atoms with Crippen LogP contribution in [0.1, 0.15) is 188 Å². The second kappa shape index (κ2) is 78.8. The molecule has 0 fully saturated rings. The molecule has 9 aromatic rings. The minimum absolute atomic E-state index is 0.0252. The van der Waals surface area contributed by atoms with E-state index >= 15 is 0 Å². The first-order valence-corrected chi connectivity index (χ1v) is 47.0. The lowest BCUT2D eigenvalue weighted by atomic mass is 10.1. The van der Waals surface area contributed by atoms with Gasteiger partial charge in [-0.15, -0.1) is 0 Å². The van der Waals surface area contributed by atoms with Crippen LogP contribution < -0.4 is 66.3 Å². The first-order valence-electron chi connectivity index (χ1n) is 47.0. The van der Waals surface area contributed by atoms with Gasteiger partial charge < -0.3 is 118 Å². The Morgan fingerprint density at radius 2 is 0.591 bits per heavy atom. The molecule has 0 unspecified atom stereocenters. The molecule has 0 N–H and O–H groups in total. The number of halogens is 3. The Hall–Kier alpha value is -14.5. The van der Waals surface area contributed by atoms with Gasteiger partial charge in [0.1, 0.15) is 39.7 Å². The molecule has 0 aliphatic carbocycles. The van der Waals surface area contributed by atoms with Crippen LogP contribution in [0.3, 0.4) is 0 Å². The fourth-order valence-corrected chi connectivity index (χ4v) is 11.5. The lowest BCUT2D eigenvalue weighted by Crippen LogP contribution is -2.23. The van der Waals surface area contributed by atoms with Gasteiger partial charge in [-0.05, 0) is 214 Å². The molecule has 0 heterocycles. The Balaban J connectivity index is 0.000000839. The standard InChI is InChI=1S/C16H24O3.C15H22O3.C14H20O3.C13H18O3.3C12H14O4.C12H14O3.C11H11F3O2/c1-4-6-7-8-11-18-16-12-14(5-2)9-10-15(16)19-13-17-3;1-4-6-7-10-17-15-11-13(5-2)8-9-14(15)18-12-16-3;1-6-11-7-8-12(16-10-15-5)13(9-11)17-14(2,3)4;1-5-11-6-7-12(15-9-14-4)13(8-11)16-10(2)3;1-4-9-5-6-11(16-8-14-2)10(7-9)12(13)15-3;1-4-9-5-6-10(12(13)15-3)11(7-9)16-8-14-2;1-4-10-5-6-11(15-8-14-3)12(7-10)16-9(2)13;1-4-10-5-6-12(15-8-14-3)11(7-10)9(2)13;1-8(11(12,13)14)9-3-5-10(6-4-9)16-7-15-2/h5,9-10,12H,2,4,6-8,11,13H2,1,3H3;5,8-9,11H,2,4,6-7,10,12H2,1,3H3;6-9H,1,10H2,2-5H3;5-8,10H,1,9H2,2-4H3;3*4-7H,1,8H2,2-3H3;4-7H,1,8H2,2-3H3;3-6H,1,7H2,2H3. The Morgan fingerprint density at radius 3 is 0.933 bits per heavy atom. The average molecular weight is 2080 g/mol. The molecule has 9 rings (SSSR count). The number of ether oxygens (including phenoxy) is 25. The van der Waals surface area contributed by atoms with E-state index in [0.717, 1.165) is 68.8 Å². The number of esters is 3. The SMILES string of the molecule is C=C(c1ccc(OCOC)cc1)C(F)(F)F.C=Cc1ccc(C(=O)OC)c(OCOC)c1.C=Cc1ccc(OCOC)c(C(=O)OC)c1.C=Cc1ccc(OCOC)c(C(C)=O)c1.C=Cc1ccc(OCOC)c(OC(C)(C)C)c1.C=Cc1ccc(OCOC)c(OC(C)=O)c1.C=Cc1ccc(OCOC)c(OC(C)C)c1.C=Cc1ccc(OCOC)c(OCCCCC)c1.C=Cc1ccc(OCOC)c(OCCCCCC)c1. The van der Waals surface area contributed by atoms with Crippen molar-refractivity contribution in [3.8, 4) is 80.5 Å². The van der Waals surface area contributed by atoms with Crippen LogP contribution in [0.5, 0.6) is 80.5 Å². The second-order valence-electron chi connectivity index (χ2n) is 31.9. The number of benzene rings is 9. The number of methoxy groups -OCH3 is 11. The van der Waals surface area contributed by atoms with Crippen LogP contribution in [0.25, 0.3) is 54.2 Å². The zero-order valence-corrected chi connectivity index (χ0v) is 89.9. The number of alkyl halides is 3. The van der Waals surface area contributed by atoms with Crippen molar-refractivity contribution < 1.29 is 151 Å². The van der Waals surface area contributed by atoms with Gasteiger partial charge >= 0.3 is 24.1 Å². The highest BCUT2D eigenvalue weighted by Crippen LogP contribution is 2.38. The van der Waals surface area contributed by atoms with Gasteiger partial charge in [0.25, 0.3) is 0 Å². The van der Waals surface area contributed by atoms with Crippen molar-refractivity contribution in [1.29, 1.82) is 0 Å². The van der Waals surface area contributed by atoms with Gasteiger partial charge in [-0.3, -0.25) is 9.59 Å². The summed E-state index contributed by atoms with van der Waals surface area (Å²) in [5, 5.41) is 0. The maximum Gasteiger partial charge on any atom is 0.416 e. The van der Waals surface area contributed by atoms with Crippen LogP contribution in [-0.4, -0.2) is 194 Å². The van der Waals surface area contributed by atoms with E-state index in [2.05, 4.69) is 87.3 Å². The van der Waals surface area contributed by atoms with Gasteiger partial charge in [0.15, 0.2) is 124 Å². The number of carbonyl (C=O) groups is 4. The van der Waals surface area contributed by atoms with E-state index in [1.807, 2.05) is 120 Å². The number of allylic oxidation sites excluding steroid dienone is 1. The zero-order valence-electron chi connectivity index (χ0n) is 89.9. The first-order chi connectivity index (χ1) is 71.5. The first kappa shape index (κ1) is 133. The highest BCUT2D eigenvalue weighted by Gasteiger charge is 2.33. The maximum absolute atomic E-state index is 12.3. The largest absolute Gasteiger partial charge is 0.490 e. The highest BCUT2D eigenvalue weighted by molar-refractivity contribution is 5.97. The monoisotopic (exact) mass is 2080 g/mol. The molecule has 0 radical (unpaired) electrons. The Kier molecular flexibility index (Phi) is 70.1. The Bertz CT molecular complexity index is 5450. The molecule has 0 saturated heterocycles. The van der Waals surface area contributed by atoms with Crippen LogP contribution in [0.4, 0.5) is 13.2 Å². The summed E-state index contributed by atoms with van der Waals surface area (Å²) in [7, 11) is 16.5. The van der Waals surface area contributed by atoms with Crippen LogP contribution in [-0.2, 0) is 56.9 Å². The van der Waals surface area contributed by atoms with Gasteiger partial charge in [0.2, 0.25) is 0 Å². The Morgan fingerprint density at radius 1 is 0.309 bits per heavy atom. The second-order valence-corrected chi connectivity index (χ2v) is 31.9. The van der Waals surface area contributed by atoms with Crippen LogP contribution in [0.2, 0.25) is 0 Å². The third-order valence-corrected chi connectivity index (χ3v) is 18.8. The molecule has 0 atom stereocenters.